The van der Waals surface area contributed by atoms with Crippen molar-refractivity contribution in [2.45, 2.75) is 51.3 Å². The molecule has 0 unspecified atom stereocenters. The smallest absolute Gasteiger partial charge is 0.206 e. The van der Waals surface area contributed by atoms with Gasteiger partial charge in [0, 0.05) is 10.8 Å². The standard InChI is InChI=1S/C24H30O6S/c1-23(2,3)21(25)15-29-17-7-11-19(12-8-17)31(27,28)20-13-9-18(10-14-20)30-16-22(26)24(4,5)6/h7-14H,15-16H2,1-6H3. The van der Waals surface area contributed by atoms with E-state index in [1.54, 1.807) is 0 Å². The minimum absolute atomic E-state index is 0.0456. The summed E-state index contributed by atoms with van der Waals surface area (Å²) >= 11 is 0. The van der Waals surface area contributed by atoms with E-state index in [-0.39, 0.29) is 34.6 Å². The average molecular weight is 447 g/mol. The van der Waals surface area contributed by atoms with E-state index < -0.39 is 20.7 Å². The topological polar surface area (TPSA) is 86.7 Å². The van der Waals surface area contributed by atoms with Crippen molar-refractivity contribution in [3.63, 3.8) is 0 Å². The molecule has 0 saturated heterocycles. The molecule has 2 aromatic rings. The number of Topliss-reactive ketones (excluding diaryl/α,β-unsaturated/α-hetero) is 2. The summed E-state index contributed by atoms with van der Waals surface area (Å²) in [7, 11) is -3.73. The Bertz CT molecular complexity index is 942. The Kier molecular flexibility index (Phi) is 7.32. The van der Waals surface area contributed by atoms with Gasteiger partial charge in [-0.2, -0.15) is 0 Å². The van der Waals surface area contributed by atoms with Crippen LogP contribution in [0.1, 0.15) is 41.5 Å². The van der Waals surface area contributed by atoms with Gasteiger partial charge < -0.3 is 9.47 Å². The molecule has 0 aliphatic heterocycles. The number of ether oxygens (including phenoxy) is 2. The molecule has 2 aromatic carbocycles. The second-order valence-corrected chi connectivity index (χ2v) is 11.3. The van der Waals surface area contributed by atoms with Crippen LogP contribution >= 0.6 is 0 Å². The summed E-state index contributed by atoms with van der Waals surface area (Å²) < 4.78 is 36.7. The van der Waals surface area contributed by atoms with E-state index in [9.17, 15) is 18.0 Å². The molecule has 0 aliphatic carbocycles. The predicted molar refractivity (Wildman–Crippen MR) is 118 cm³/mol. The highest BCUT2D eigenvalue weighted by Gasteiger charge is 2.23. The van der Waals surface area contributed by atoms with Gasteiger partial charge in [0.25, 0.3) is 0 Å². The zero-order chi connectivity index (χ0) is 23.4. The SMILES string of the molecule is CC(C)(C)C(=O)COc1ccc(S(=O)(=O)c2ccc(OCC(=O)C(C)(C)C)cc2)cc1. The summed E-state index contributed by atoms with van der Waals surface area (Å²) in [6.07, 6.45) is 0. The lowest BCUT2D eigenvalue weighted by molar-refractivity contribution is -0.128. The highest BCUT2D eigenvalue weighted by Crippen LogP contribution is 2.25. The molecule has 0 amide bonds. The van der Waals surface area contributed by atoms with Crippen molar-refractivity contribution >= 4 is 21.4 Å². The van der Waals surface area contributed by atoms with Gasteiger partial charge in [0.15, 0.2) is 11.6 Å². The quantitative estimate of drug-likeness (QED) is 0.593. The number of sulfone groups is 1. The van der Waals surface area contributed by atoms with Crippen LogP contribution < -0.4 is 9.47 Å². The lowest BCUT2D eigenvalue weighted by Crippen LogP contribution is -2.26. The Morgan fingerprint density at radius 3 is 1.19 bits per heavy atom. The zero-order valence-electron chi connectivity index (χ0n) is 18.9. The number of hydrogen-bond donors (Lipinski definition) is 0. The largest absolute Gasteiger partial charge is 0.486 e. The minimum Gasteiger partial charge on any atom is -0.486 e. The summed E-state index contributed by atoms with van der Waals surface area (Å²) in [5.41, 5.74) is -1.00. The van der Waals surface area contributed by atoms with Gasteiger partial charge in [0.2, 0.25) is 9.84 Å². The van der Waals surface area contributed by atoms with Gasteiger partial charge in [0.05, 0.1) is 9.79 Å². The second-order valence-electron chi connectivity index (χ2n) is 9.37. The minimum atomic E-state index is -3.73. The van der Waals surface area contributed by atoms with Crippen LogP contribution in [-0.2, 0) is 19.4 Å². The Balaban J connectivity index is 2.06. The summed E-state index contributed by atoms with van der Waals surface area (Å²) in [6, 6.07) is 11.9. The fourth-order valence-electron chi connectivity index (χ4n) is 2.30. The van der Waals surface area contributed by atoms with Crippen LogP contribution in [0.3, 0.4) is 0 Å². The Morgan fingerprint density at radius 1 is 0.645 bits per heavy atom. The van der Waals surface area contributed by atoms with E-state index in [0.29, 0.717) is 11.5 Å². The molecular weight excluding hydrogens is 416 g/mol. The van der Waals surface area contributed by atoms with E-state index >= 15 is 0 Å². The molecule has 7 heteroatoms. The van der Waals surface area contributed by atoms with Crippen molar-refractivity contribution in [3.8, 4) is 11.5 Å². The fourth-order valence-corrected chi connectivity index (χ4v) is 3.56. The van der Waals surface area contributed by atoms with Crippen molar-refractivity contribution in [3.05, 3.63) is 48.5 Å². The maximum absolute atomic E-state index is 12.9. The summed E-state index contributed by atoms with van der Waals surface area (Å²) in [6.45, 7) is 10.7. The normalized spacial score (nSPS) is 12.3. The number of rotatable bonds is 8. The molecule has 31 heavy (non-hydrogen) atoms. The molecule has 0 aromatic heterocycles. The molecular formula is C24H30O6S. The molecule has 0 fully saturated rings. The molecule has 168 valence electrons. The van der Waals surface area contributed by atoms with Gasteiger partial charge in [-0.3, -0.25) is 9.59 Å². The van der Waals surface area contributed by atoms with Crippen LogP contribution in [-0.4, -0.2) is 33.2 Å². The first-order valence-corrected chi connectivity index (χ1v) is 11.5. The zero-order valence-corrected chi connectivity index (χ0v) is 19.7. The molecule has 0 bridgehead atoms. The number of carbonyl (C=O) groups excluding carboxylic acids is 2. The third-order valence-corrected chi connectivity index (χ3v) is 6.47. The van der Waals surface area contributed by atoms with Crippen LogP contribution in [0, 0.1) is 10.8 Å². The van der Waals surface area contributed by atoms with Gasteiger partial charge in [-0.05, 0) is 48.5 Å². The van der Waals surface area contributed by atoms with E-state index in [4.69, 9.17) is 9.47 Å². The monoisotopic (exact) mass is 446 g/mol. The molecule has 0 N–H and O–H groups in total. The van der Waals surface area contributed by atoms with Crippen molar-refractivity contribution in [1.82, 2.24) is 0 Å². The van der Waals surface area contributed by atoms with Gasteiger partial charge in [-0.25, -0.2) is 8.42 Å². The van der Waals surface area contributed by atoms with Crippen LogP contribution in [0.15, 0.2) is 58.3 Å². The van der Waals surface area contributed by atoms with Crippen molar-refractivity contribution in [2.24, 2.45) is 10.8 Å². The Labute approximate surface area is 184 Å². The maximum Gasteiger partial charge on any atom is 0.206 e. The second kappa shape index (κ2) is 9.22. The number of hydrogen-bond acceptors (Lipinski definition) is 6. The molecule has 0 radical (unpaired) electrons. The molecule has 2 rings (SSSR count). The summed E-state index contributed by atoms with van der Waals surface area (Å²) in [5, 5.41) is 0. The lowest BCUT2D eigenvalue weighted by atomic mass is 9.91. The highest BCUT2D eigenvalue weighted by atomic mass is 32.2. The van der Waals surface area contributed by atoms with Crippen molar-refractivity contribution in [2.75, 3.05) is 13.2 Å². The first-order chi connectivity index (χ1) is 14.2. The van der Waals surface area contributed by atoms with Gasteiger partial charge in [-0.15, -0.1) is 0 Å². The van der Waals surface area contributed by atoms with Crippen molar-refractivity contribution < 1.29 is 27.5 Å². The average Bonchev–Trinajstić information content (AvgIpc) is 2.69. The summed E-state index contributed by atoms with van der Waals surface area (Å²) in [5.74, 6) is 0.749. The number of carbonyl (C=O) groups is 2. The van der Waals surface area contributed by atoms with Crippen molar-refractivity contribution in [1.29, 1.82) is 0 Å². The first kappa shape index (κ1) is 24.6. The molecule has 0 heterocycles. The number of ketones is 2. The first-order valence-electron chi connectivity index (χ1n) is 9.99. The van der Waals surface area contributed by atoms with Gasteiger partial charge in [0.1, 0.15) is 24.7 Å². The van der Waals surface area contributed by atoms with E-state index in [1.807, 2.05) is 41.5 Å². The maximum atomic E-state index is 12.9. The lowest BCUT2D eigenvalue weighted by Gasteiger charge is -2.17. The third kappa shape index (κ3) is 6.66. The number of benzene rings is 2. The van der Waals surface area contributed by atoms with Crippen LogP contribution in [0.4, 0.5) is 0 Å². The Hall–Kier alpha value is -2.67. The highest BCUT2D eigenvalue weighted by molar-refractivity contribution is 7.91. The molecule has 0 aliphatic rings. The van der Waals surface area contributed by atoms with Gasteiger partial charge >= 0.3 is 0 Å². The summed E-state index contributed by atoms with van der Waals surface area (Å²) in [4.78, 5) is 24.1. The molecule has 6 nitrogen and oxygen atoms in total. The van der Waals surface area contributed by atoms with E-state index in [2.05, 4.69) is 0 Å². The van der Waals surface area contributed by atoms with E-state index in [0.717, 1.165) is 0 Å². The third-order valence-electron chi connectivity index (χ3n) is 4.68. The van der Waals surface area contributed by atoms with Crippen LogP contribution in [0.25, 0.3) is 0 Å². The molecule has 0 atom stereocenters. The Morgan fingerprint density at radius 2 is 0.935 bits per heavy atom. The van der Waals surface area contributed by atoms with Crippen LogP contribution in [0.5, 0.6) is 11.5 Å². The van der Waals surface area contributed by atoms with Crippen LogP contribution in [0.2, 0.25) is 0 Å². The van der Waals surface area contributed by atoms with Gasteiger partial charge in [-0.1, -0.05) is 41.5 Å². The molecule has 0 saturated carbocycles. The fraction of sp³-hybridized carbons (Fsp3) is 0.417. The molecule has 0 spiro atoms. The van der Waals surface area contributed by atoms with E-state index in [1.165, 1.54) is 48.5 Å². The predicted octanol–water partition coefficient (Wildman–Crippen LogP) is 4.51.